The number of carbonyl (C=O) groups excluding carboxylic acids is 1. The maximum atomic E-state index is 12.0. The first-order valence-corrected chi connectivity index (χ1v) is 14.7. The highest BCUT2D eigenvalue weighted by atomic mass is 35.5. The molecule has 0 aromatic carbocycles. The lowest BCUT2D eigenvalue weighted by molar-refractivity contribution is -0.168. The monoisotopic (exact) mass is 575 g/mol. The normalized spacial score (nSPS) is 18.9. The van der Waals surface area contributed by atoms with Gasteiger partial charge in [-0.2, -0.15) is 5.10 Å². The smallest absolute Gasteiger partial charge is 0.407 e. The summed E-state index contributed by atoms with van der Waals surface area (Å²) in [5.74, 6) is 1.21. The lowest BCUT2D eigenvalue weighted by atomic mass is 9.90. The van der Waals surface area contributed by atoms with E-state index in [1.54, 1.807) is 18.1 Å². The number of anilines is 1. The van der Waals surface area contributed by atoms with Crippen LogP contribution in [0.25, 0.3) is 11.3 Å². The highest BCUT2D eigenvalue weighted by Gasteiger charge is 2.29. The molecule has 2 heterocycles. The minimum atomic E-state index is -0.863. The molecular formula is C28H42ClN7O4. The van der Waals surface area contributed by atoms with Gasteiger partial charge >= 0.3 is 6.09 Å². The molecule has 0 radical (unpaired) electrons. The van der Waals surface area contributed by atoms with Crippen LogP contribution >= 0.6 is 11.6 Å². The molecule has 4 rings (SSSR count). The van der Waals surface area contributed by atoms with Gasteiger partial charge in [0.2, 0.25) is 11.9 Å². The second kappa shape index (κ2) is 14.1. The highest BCUT2D eigenvalue weighted by molar-refractivity contribution is 6.32. The van der Waals surface area contributed by atoms with Crippen LogP contribution in [0, 0.1) is 5.92 Å². The molecule has 2 aromatic rings. The van der Waals surface area contributed by atoms with Crippen molar-refractivity contribution >= 4 is 29.5 Å². The van der Waals surface area contributed by atoms with Gasteiger partial charge in [0.25, 0.3) is 0 Å². The van der Waals surface area contributed by atoms with Crippen molar-refractivity contribution in [2.75, 3.05) is 26.0 Å². The van der Waals surface area contributed by atoms with Crippen LogP contribution in [0.2, 0.25) is 5.02 Å². The molecule has 0 saturated heterocycles. The minimum Gasteiger partial charge on any atom is -0.465 e. The summed E-state index contributed by atoms with van der Waals surface area (Å²) in [6.45, 7) is 0.516. The number of amides is 2. The van der Waals surface area contributed by atoms with Gasteiger partial charge in [0.05, 0.1) is 30.2 Å². The molecule has 40 heavy (non-hydrogen) atoms. The summed E-state index contributed by atoms with van der Waals surface area (Å²) in [6.07, 6.45) is 13.1. The summed E-state index contributed by atoms with van der Waals surface area (Å²) in [5, 5.41) is 19.5. The first-order valence-electron chi connectivity index (χ1n) is 14.4. The van der Waals surface area contributed by atoms with E-state index >= 15 is 0 Å². The molecule has 0 atom stereocenters. The topological polar surface area (TPSA) is 126 Å². The Bertz CT molecular complexity index is 1150. The summed E-state index contributed by atoms with van der Waals surface area (Å²) < 4.78 is 1.91. The number of hydrogen-bond acceptors (Lipinski definition) is 7. The highest BCUT2D eigenvalue weighted by Crippen LogP contribution is 2.37. The van der Waals surface area contributed by atoms with Gasteiger partial charge in [-0.25, -0.2) is 19.8 Å². The number of carboxylic acid groups (broad SMARTS) is 1. The summed E-state index contributed by atoms with van der Waals surface area (Å²) in [4.78, 5) is 39.5. The van der Waals surface area contributed by atoms with E-state index in [2.05, 4.69) is 15.4 Å². The van der Waals surface area contributed by atoms with Gasteiger partial charge in [-0.15, -0.1) is 0 Å². The van der Waals surface area contributed by atoms with Crippen molar-refractivity contribution in [3.05, 3.63) is 23.1 Å². The Balaban J connectivity index is 1.25. The first-order chi connectivity index (χ1) is 19.3. The average molecular weight is 576 g/mol. The van der Waals surface area contributed by atoms with Crippen molar-refractivity contribution in [1.82, 2.24) is 29.7 Å². The molecule has 0 unspecified atom stereocenters. The molecule has 0 bridgehead atoms. The maximum absolute atomic E-state index is 12.0. The van der Waals surface area contributed by atoms with Crippen LogP contribution in [0.15, 0.2) is 12.4 Å². The molecule has 2 N–H and O–H groups in total. The van der Waals surface area contributed by atoms with Crippen LogP contribution in [0.5, 0.6) is 0 Å². The number of nitrogens with one attached hydrogen (secondary N) is 1. The van der Waals surface area contributed by atoms with Crippen LogP contribution in [-0.2, 0) is 23.1 Å². The summed E-state index contributed by atoms with van der Waals surface area (Å²) >= 11 is 6.52. The Kier molecular flexibility index (Phi) is 10.6. The predicted molar refractivity (Wildman–Crippen MR) is 153 cm³/mol. The van der Waals surface area contributed by atoms with Gasteiger partial charge in [-0.1, -0.05) is 24.4 Å². The fraction of sp³-hybridized carbons (Fsp3) is 0.679. The van der Waals surface area contributed by atoms with Gasteiger partial charge in [0.1, 0.15) is 0 Å². The molecule has 2 aliphatic carbocycles. The standard InChI is InChI=1S/C28H42ClN7O4/c1-34-24(16-19-9-10-19)22(17-31-34)26-23(29)18-30-27(33-26)32-20-11-13-21(14-12-20)36(28(38)39)15-7-5-4-6-8-25(37)35(2)40-3/h17-21H,4-16H2,1-3H3,(H,38,39)(H,30,32,33)/t20-,21-. The third-order valence-corrected chi connectivity index (χ3v) is 8.40. The Morgan fingerprint density at radius 1 is 1.12 bits per heavy atom. The molecule has 11 nitrogen and oxygen atoms in total. The van der Waals surface area contributed by atoms with E-state index in [1.165, 1.54) is 25.0 Å². The van der Waals surface area contributed by atoms with E-state index in [0.29, 0.717) is 35.5 Å². The Morgan fingerprint density at radius 3 is 2.52 bits per heavy atom. The quantitative estimate of drug-likeness (QED) is 0.234. The zero-order valence-electron chi connectivity index (χ0n) is 23.8. The molecule has 2 saturated carbocycles. The molecule has 220 valence electrons. The molecule has 2 amide bonds. The summed E-state index contributed by atoms with van der Waals surface area (Å²) in [7, 11) is 5.03. The van der Waals surface area contributed by atoms with Gasteiger partial charge in [-0.05, 0) is 63.7 Å². The summed E-state index contributed by atoms with van der Waals surface area (Å²) in [6, 6.07) is 0.179. The van der Waals surface area contributed by atoms with E-state index in [1.807, 2.05) is 17.9 Å². The molecule has 2 aromatic heterocycles. The van der Waals surface area contributed by atoms with Crippen LogP contribution in [-0.4, -0.2) is 79.6 Å². The lowest BCUT2D eigenvalue weighted by Crippen LogP contribution is -2.44. The number of hydroxylamine groups is 2. The third kappa shape index (κ3) is 8.06. The van der Waals surface area contributed by atoms with E-state index in [9.17, 15) is 14.7 Å². The second-order valence-corrected chi connectivity index (χ2v) is 11.4. The van der Waals surface area contributed by atoms with Crippen molar-refractivity contribution in [1.29, 1.82) is 0 Å². The molecular weight excluding hydrogens is 534 g/mol. The van der Waals surface area contributed by atoms with Crippen molar-refractivity contribution in [2.45, 2.75) is 89.1 Å². The molecule has 0 spiro atoms. The predicted octanol–water partition coefficient (Wildman–Crippen LogP) is 5.16. The van der Waals surface area contributed by atoms with E-state index in [0.717, 1.165) is 69.0 Å². The molecule has 12 heteroatoms. The van der Waals surface area contributed by atoms with Gasteiger partial charge in [0.15, 0.2) is 0 Å². The number of rotatable bonds is 14. The van der Waals surface area contributed by atoms with Crippen LogP contribution in [0.1, 0.15) is 76.3 Å². The molecule has 0 aliphatic heterocycles. The number of aryl methyl sites for hydroxylation is 1. The van der Waals surface area contributed by atoms with E-state index in [-0.39, 0.29) is 18.0 Å². The van der Waals surface area contributed by atoms with Crippen molar-refractivity contribution in [3.63, 3.8) is 0 Å². The fourth-order valence-electron chi connectivity index (χ4n) is 5.44. The minimum absolute atomic E-state index is 0.00885. The average Bonchev–Trinajstić information content (AvgIpc) is 3.70. The third-order valence-electron chi connectivity index (χ3n) is 8.12. The van der Waals surface area contributed by atoms with Crippen molar-refractivity contribution in [2.24, 2.45) is 13.0 Å². The van der Waals surface area contributed by atoms with Gasteiger partial charge in [0, 0.05) is 50.4 Å². The zero-order valence-corrected chi connectivity index (χ0v) is 24.6. The largest absolute Gasteiger partial charge is 0.465 e. The first kappa shape index (κ1) is 30.0. The number of nitrogens with zero attached hydrogens (tertiary/aromatic N) is 6. The Hall–Kier alpha value is -2.92. The van der Waals surface area contributed by atoms with Crippen LogP contribution in [0.4, 0.5) is 10.7 Å². The lowest BCUT2D eigenvalue weighted by Gasteiger charge is -2.35. The molecule has 2 fully saturated rings. The van der Waals surface area contributed by atoms with Crippen molar-refractivity contribution in [3.8, 4) is 11.3 Å². The number of aromatic nitrogens is 4. The Morgan fingerprint density at radius 2 is 1.85 bits per heavy atom. The maximum Gasteiger partial charge on any atom is 0.407 e. The Labute approximate surface area is 241 Å². The fourth-order valence-corrected chi connectivity index (χ4v) is 5.64. The molecule has 2 aliphatic rings. The van der Waals surface area contributed by atoms with Crippen LogP contribution < -0.4 is 5.32 Å². The zero-order chi connectivity index (χ0) is 28.6. The van der Waals surface area contributed by atoms with Crippen LogP contribution in [0.3, 0.4) is 0 Å². The summed E-state index contributed by atoms with van der Waals surface area (Å²) in [5.41, 5.74) is 2.80. The van der Waals surface area contributed by atoms with Crippen molar-refractivity contribution < 1.29 is 19.5 Å². The number of carbonyl (C=O) groups is 2. The van der Waals surface area contributed by atoms with Gasteiger partial charge < -0.3 is 15.3 Å². The second-order valence-electron chi connectivity index (χ2n) is 11.0. The van der Waals surface area contributed by atoms with E-state index in [4.69, 9.17) is 21.4 Å². The number of halogens is 1. The SMILES string of the molecule is CON(C)C(=O)CCCCCCN(C(=O)O)[C@H]1CC[C@H](Nc2ncc(Cl)c(-c3cnn(C)c3CC3CC3)n2)CC1. The number of unbranched alkanes of at least 4 members (excludes halogenated alkanes) is 3. The van der Waals surface area contributed by atoms with Gasteiger partial charge in [-0.3, -0.25) is 14.3 Å². The number of hydrogen-bond donors (Lipinski definition) is 2. The van der Waals surface area contributed by atoms with E-state index < -0.39 is 6.09 Å².